The Kier molecular flexibility index (Phi) is 7.54. The van der Waals surface area contributed by atoms with Crippen LogP contribution in [-0.4, -0.2) is 37.1 Å². The molecule has 200 valence electrons. The minimum Gasteiger partial charge on any atom is -0.506 e. The predicted octanol–water partition coefficient (Wildman–Crippen LogP) is 5.99. The zero-order valence-electron chi connectivity index (χ0n) is 21.4. The quantitative estimate of drug-likeness (QED) is 0.240. The molecule has 1 amide bonds. The molecule has 4 aromatic rings. The SMILES string of the molecule is Cc1cc([C@H]2[C@@H](c3ccccn3)NC(=S)N2CCC(=O)Nc2ccccc2F)c(C)n1-c1cc(Cl)ccc1O. The lowest BCUT2D eigenvalue weighted by Gasteiger charge is -2.28. The van der Waals surface area contributed by atoms with E-state index < -0.39 is 5.82 Å². The largest absolute Gasteiger partial charge is 0.506 e. The second kappa shape index (κ2) is 11.0. The van der Waals surface area contributed by atoms with Crippen molar-refractivity contribution in [1.29, 1.82) is 0 Å². The standard InChI is InChI=1S/C29H27ClFN5O2S/c1-17-15-20(18(2)36(17)24-16-19(30)10-11-25(24)37)28-27(23-9-5-6-13-32-23)34-29(39)35(28)14-12-26(38)33-22-8-4-3-7-21(22)31/h3-11,13,15-16,27-28,37H,12,14H2,1-2H3,(H,33,38)(H,34,39)/t27-,28+/m1/s1. The van der Waals surface area contributed by atoms with E-state index in [1.165, 1.54) is 12.1 Å². The van der Waals surface area contributed by atoms with Gasteiger partial charge in [0.15, 0.2) is 5.11 Å². The molecule has 0 radical (unpaired) electrons. The Morgan fingerprint density at radius 1 is 1.15 bits per heavy atom. The number of nitrogens with one attached hydrogen (secondary N) is 2. The van der Waals surface area contributed by atoms with E-state index in [0.29, 0.717) is 22.4 Å². The van der Waals surface area contributed by atoms with Crippen molar-refractivity contribution >= 4 is 40.5 Å². The molecule has 10 heteroatoms. The number of aryl methyl sites for hydroxylation is 1. The van der Waals surface area contributed by atoms with E-state index in [1.807, 2.05) is 41.5 Å². The number of thiocarbonyl (C=S) groups is 1. The fourth-order valence-corrected chi connectivity index (χ4v) is 5.61. The molecule has 2 atom stereocenters. The van der Waals surface area contributed by atoms with Crippen molar-refractivity contribution in [3.05, 3.63) is 106 Å². The maximum atomic E-state index is 14.1. The molecule has 0 saturated carbocycles. The molecule has 0 spiro atoms. The van der Waals surface area contributed by atoms with Crippen molar-refractivity contribution in [2.45, 2.75) is 32.4 Å². The van der Waals surface area contributed by atoms with Gasteiger partial charge in [-0.25, -0.2) is 4.39 Å². The maximum absolute atomic E-state index is 14.1. The van der Waals surface area contributed by atoms with Gasteiger partial charge < -0.3 is 25.2 Å². The topological polar surface area (TPSA) is 82.4 Å². The molecule has 2 aromatic carbocycles. The first kappa shape index (κ1) is 26.6. The second-order valence-corrected chi connectivity index (χ2v) is 10.2. The molecule has 1 aliphatic rings. The molecule has 0 aliphatic carbocycles. The summed E-state index contributed by atoms with van der Waals surface area (Å²) in [5.74, 6) is -0.706. The van der Waals surface area contributed by atoms with Gasteiger partial charge in [-0.2, -0.15) is 0 Å². The summed E-state index contributed by atoms with van der Waals surface area (Å²) in [5.41, 5.74) is 4.26. The van der Waals surface area contributed by atoms with Crippen LogP contribution in [0.3, 0.4) is 0 Å². The van der Waals surface area contributed by atoms with Crippen LogP contribution in [-0.2, 0) is 4.79 Å². The van der Waals surface area contributed by atoms with E-state index in [2.05, 4.69) is 21.7 Å². The molecule has 1 fully saturated rings. The lowest BCUT2D eigenvalue weighted by molar-refractivity contribution is -0.116. The summed E-state index contributed by atoms with van der Waals surface area (Å²) in [6, 6.07) is 18.2. The number of aromatic hydroxyl groups is 1. The molecule has 5 rings (SSSR count). The minimum atomic E-state index is -0.492. The number of nitrogens with zero attached hydrogens (tertiary/aromatic N) is 3. The number of halogens is 2. The van der Waals surface area contributed by atoms with Gasteiger partial charge in [-0.1, -0.05) is 29.8 Å². The number of phenols is 1. The Labute approximate surface area is 236 Å². The van der Waals surface area contributed by atoms with Crippen molar-refractivity contribution in [1.82, 2.24) is 19.8 Å². The Bertz CT molecular complexity index is 1540. The summed E-state index contributed by atoms with van der Waals surface area (Å²) in [6.45, 7) is 4.23. The number of pyridine rings is 1. The number of rotatable bonds is 7. The molecule has 3 N–H and O–H groups in total. The van der Waals surface area contributed by atoms with Crippen molar-refractivity contribution < 1.29 is 14.3 Å². The van der Waals surface area contributed by atoms with E-state index in [4.69, 9.17) is 23.8 Å². The van der Waals surface area contributed by atoms with Gasteiger partial charge in [0, 0.05) is 35.6 Å². The summed E-state index contributed by atoms with van der Waals surface area (Å²) in [4.78, 5) is 19.3. The third-order valence-corrected chi connectivity index (χ3v) is 7.48. The Morgan fingerprint density at radius 3 is 2.67 bits per heavy atom. The van der Waals surface area contributed by atoms with Crippen LogP contribution in [0.15, 0.2) is 72.9 Å². The number of hydrogen-bond acceptors (Lipinski definition) is 4. The van der Waals surface area contributed by atoms with Gasteiger partial charge in [0.2, 0.25) is 5.91 Å². The smallest absolute Gasteiger partial charge is 0.226 e. The summed E-state index contributed by atoms with van der Waals surface area (Å²) >= 11 is 12.0. The van der Waals surface area contributed by atoms with Crippen molar-refractivity contribution in [3.63, 3.8) is 0 Å². The molecular formula is C29H27ClFN5O2S. The molecule has 0 unspecified atom stereocenters. The van der Waals surface area contributed by atoms with Crippen LogP contribution in [0.4, 0.5) is 10.1 Å². The Morgan fingerprint density at radius 2 is 1.92 bits per heavy atom. The van der Waals surface area contributed by atoms with E-state index in [9.17, 15) is 14.3 Å². The second-order valence-electron chi connectivity index (χ2n) is 9.39. The third kappa shape index (κ3) is 5.32. The molecule has 7 nitrogen and oxygen atoms in total. The number of para-hydroxylation sites is 1. The van der Waals surface area contributed by atoms with E-state index in [1.54, 1.807) is 36.5 Å². The van der Waals surface area contributed by atoms with E-state index >= 15 is 0 Å². The van der Waals surface area contributed by atoms with Crippen LogP contribution in [0, 0.1) is 19.7 Å². The highest BCUT2D eigenvalue weighted by molar-refractivity contribution is 7.80. The molecule has 3 heterocycles. The van der Waals surface area contributed by atoms with Gasteiger partial charge in [-0.05, 0) is 80.2 Å². The normalized spacial score (nSPS) is 16.8. The number of phenolic OH excluding ortho intramolecular Hbond substituents is 1. The highest BCUT2D eigenvalue weighted by atomic mass is 35.5. The number of aromatic nitrogens is 2. The fraction of sp³-hybridized carbons (Fsp3) is 0.207. The molecule has 1 aliphatic heterocycles. The van der Waals surface area contributed by atoms with Gasteiger partial charge in [0.1, 0.15) is 11.6 Å². The minimum absolute atomic E-state index is 0.0927. The summed E-state index contributed by atoms with van der Waals surface area (Å²) in [5, 5.41) is 17.7. The van der Waals surface area contributed by atoms with E-state index in [0.717, 1.165) is 22.6 Å². The highest BCUT2D eigenvalue weighted by Crippen LogP contribution is 2.42. The van der Waals surface area contributed by atoms with Crippen LogP contribution < -0.4 is 10.6 Å². The number of benzene rings is 2. The fourth-order valence-electron chi connectivity index (χ4n) is 5.12. The highest BCUT2D eigenvalue weighted by Gasteiger charge is 2.41. The zero-order valence-corrected chi connectivity index (χ0v) is 22.9. The van der Waals surface area contributed by atoms with Crippen LogP contribution >= 0.6 is 23.8 Å². The van der Waals surface area contributed by atoms with Gasteiger partial charge in [-0.3, -0.25) is 9.78 Å². The number of carbonyl (C=O) groups is 1. The zero-order chi connectivity index (χ0) is 27.7. The summed E-state index contributed by atoms with van der Waals surface area (Å²) in [7, 11) is 0. The predicted molar refractivity (Wildman–Crippen MR) is 154 cm³/mol. The van der Waals surface area contributed by atoms with Crippen molar-refractivity contribution in [3.8, 4) is 11.4 Å². The van der Waals surface area contributed by atoms with Gasteiger partial charge in [0.05, 0.1) is 29.2 Å². The van der Waals surface area contributed by atoms with Crippen molar-refractivity contribution in [2.24, 2.45) is 0 Å². The van der Waals surface area contributed by atoms with Crippen LogP contribution in [0.1, 0.15) is 41.1 Å². The molecule has 1 saturated heterocycles. The van der Waals surface area contributed by atoms with Crippen LogP contribution in [0.25, 0.3) is 5.69 Å². The molecule has 2 aromatic heterocycles. The van der Waals surface area contributed by atoms with Gasteiger partial charge >= 0.3 is 0 Å². The van der Waals surface area contributed by atoms with Gasteiger partial charge in [-0.15, -0.1) is 0 Å². The average Bonchev–Trinajstić information content (AvgIpc) is 3.40. The molecule has 0 bridgehead atoms. The number of amides is 1. The first-order valence-electron chi connectivity index (χ1n) is 12.4. The number of anilines is 1. The van der Waals surface area contributed by atoms with Crippen LogP contribution in [0.2, 0.25) is 5.02 Å². The average molecular weight is 564 g/mol. The van der Waals surface area contributed by atoms with Crippen LogP contribution in [0.5, 0.6) is 5.75 Å². The lowest BCUT2D eigenvalue weighted by Crippen LogP contribution is -2.33. The maximum Gasteiger partial charge on any atom is 0.226 e. The summed E-state index contributed by atoms with van der Waals surface area (Å²) < 4.78 is 16.0. The van der Waals surface area contributed by atoms with E-state index in [-0.39, 0.29) is 35.8 Å². The first-order chi connectivity index (χ1) is 18.7. The number of carbonyl (C=O) groups excluding carboxylic acids is 1. The lowest BCUT2D eigenvalue weighted by atomic mass is 9.96. The molecular weight excluding hydrogens is 537 g/mol. The number of hydrogen-bond donors (Lipinski definition) is 3. The Hall–Kier alpha value is -3.95. The van der Waals surface area contributed by atoms with Gasteiger partial charge in [0.25, 0.3) is 0 Å². The molecule has 39 heavy (non-hydrogen) atoms. The third-order valence-electron chi connectivity index (χ3n) is 6.89. The summed E-state index contributed by atoms with van der Waals surface area (Å²) in [6.07, 6.45) is 1.82. The monoisotopic (exact) mass is 563 g/mol. The van der Waals surface area contributed by atoms with Crippen molar-refractivity contribution in [2.75, 3.05) is 11.9 Å². The first-order valence-corrected chi connectivity index (χ1v) is 13.2. The Balaban J connectivity index is 1.50.